The molecule has 3 rings (SSSR count). The molecule has 2 aliphatic rings. The highest BCUT2D eigenvalue weighted by Gasteiger charge is 2.35. The quantitative estimate of drug-likeness (QED) is 0.686. The van der Waals surface area contributed by atoms with Crippen molar-refractivity contribution in [1.29, 1.82) is 0 Å². The third-order valence-electron chi connectivity index (χ3n) is 5.23. The van der Waals surface area contributed by atoms with Gasteiger partial charge in [0.25, 0.3) is 6.23 Å². The fraction of sp³-hybridized carbons (Fsp3) is 0.619. The standard InChI is InChI=1S/C21H31N3O5S/c1-14(2)28-20-22-24(19(13-25)29-20)17-6-8-18(9-7-17)30(26,27)23-16-10-15(3)11-21(4,5)12-16/h6-9,13-16,19,23H,10-12H2,1-5H3. The molecule has 30 heavy (non-hydrogen) atoms. The van der Waals surface area contributed by atoms with Crippen LogP contribution >= 0.6 is 0 Å². The topological polar surface area (TPSA) is 97.3 Å². The summed E-state index contributed by atoms with van der Waals surface area (Å²) in [5.41, 5.74) is 0.642. The van der Waals surface area contributed by atoms with Crippen molar-refractivity contribution in [2.45, 2.75) is 77.2 Å². The van der Waals surface area contributed by atoms with E-state index in [2.05, 4.69) is 30.6 Å². The van der Waals surface area contributed by atoms with Gasteiger partial charge in [-0.05, 0) is 68.7 Å². The molecule has 1 saturated carbocycles. The zero-order chi connectivity index (χ0) is 22.1. The number of nitrogens with one attached hydrogen (secondary N) is 1. The number of rotatable bonds is 6. The lowest BCUT2D eigenvalue weighted by atomic mass is 9.71. The fourth-order valence-electron chi connectivity index (χ4n) is 4.37. The Kier molecular flexibility index (Phi) is 6.43. The molecular weight excluding hydrogens is 406 g/mol. The first kappa shape index (κ1) is 22.6. The Hall–Kier alpha value is -2.13. The summed E-state index contributed by atoms with van der Waals surface area (Å²) in [5, 5.41) is 5.53. The molecule has 0 saturated heterocycles. The fourth-order valence-corrected chi connectivity index (χ4v) is 5.61. The van der Waals surface area contributed by atoms with Gasteiger partial charge < -0.3 is 9.47 Å². The first-order chi connectivity index (χ1) is 14.0. The van der Waals surface area contributed by atoms with Crippen LogP contribution in [0.3, 0.4) is 0 Å². The van der Waals surface area contributed by atoms with Crippen LogP contribution in [0.15, 0.2) is 34.3 Å². The molecule has 1 heterocycles. The molecule has 3 unspecified atom stereocenters. The first-order valence-electron chi connectivity index (χ1n) is 10.3. The Balaban J connectivity index is 1.74. The minimum absolute atomic E-state index is 0.00879. The summed E-state index contributed by atoms with van der Waals surface area (Å²) in [6.45, 7) is 10.2. The van der Waals surface area contributed by atoms with Gasteiger partial charge in [-0.3, -0.25) is 4.79 Å². The second-order valence-corrected chi connectivity index (χ2v) is 11.0. The highest BCUT2D eigenvalue weighted by Crippen LogP contribution is 2.39. The van der Waals surface area contributed by atoms with E-state index in [-0.39, 0.29) is 28.5 Å². The molecule has 0 aromatic heterocycles. The zero-order valence-corrected chi connectivity index (χ0v) is 19.0. The molecule has 1 aliphatic heterocycles. The number of nitrogens with zero attached hydrogens (tertiary/aromatic N) is 2. The van der Waals surface area contributed by atoms with E-state index < -0.39 is 16.3 Å². The average Bonchev–Trinajstić information content (AvgIpc) is 3.01. The lowest BCUT2D eigenvalue weighted by Crippen LogP contribution is -2.42. The van der Waals surface area contributed by atoms with Crippen LogP contribution in [0.25, 0.3) is 0 Å². The number of hydrazone groups is 1. The van der Waals surface area contributed by atoms with E-state index in [9.17, 15) is 13.2 Å². The average molecular weight is 438 g/mol. The van der Waals surface area contributed by atoms with Crippen LogP contribution in [0.2, 0.25) is 0 Å². The van der Waals surface area contributed by atoms with Crippen molar-refractivity contribution in [3.05, 3.63) is 24.3 Å². The van der Waals surface area contributed by atoms with Gasteiger partial charge in [0.1, 0.15) is 0 Å². The zero-order valence-electron chi connectivity index (χ0n) is 18.2. The second kappa shape index (κ2) is 8.55. The van der Waals surface area contributed by atoms with E-state index in [0.717, 1.165) is 19.3 Å². The summed E-state index contributed by atoms with van der Waals surface area (Å²) < 4.78 is 39.4. The third kappa shape index (κ3) is 5.31. The van der Waals surface area contributed by atoms with Gasteiger partial charge in [-0.1, -0.05) is 25.9 Å². The van der Waals surface area contributed by atoms with Crippen molar-refractivity contribution in [2.75, 3.05) is 5.01 Å². The van der Waals surface area contributed by atoms with Crippen LogP contribution < -0.4 is 9.73 Å². The van der Waals surface area contributed by atoms with E-state index in [1.165, 1.54) is 17.1 Å². The molecule has 1 aromatic carbocycles. The van der Waals surface area contributed by atoms with Gasteiger partial charge >= 0.3 is 6.08 Å². The van der Waals surface area contributed by atoms with E-state index in [0.29, 0.717) is 17.9 Å². The van der Waals surface area contributed by atoms with Gasteiger partial charge in [0.15, 0.2) is 6.29 Å². The molecule has 1 aromatic rings. The summed E-state index contributed by atoms with van der Waals surface area (Å²) in [4.78, 5) is 11.5. The highest BCUT2D eigenvalue weighted by molar-refractivity contribution is 7.89. The van der Waals surface area contributed by atoms with Crippen LogP contribution in [0.4, 0.5) is 5.69 Å². The Morgan fingerprint density at radius 1 is 1.27 bits per heavy atom. The van der Waals surface area contributed by atoms with Crippen molar-refractivity contribution in [3.8, 4) is 0 Å². The SMILES string of the molecule is CC1CC(NS(=O)(=O)c2ccc(N3N=C(OC(C)C)OC3C=O)cc2)CC(C)(C)C1. The predicted molar refractivity (Wildman–Crippen MR) is 114 cm³/mol. The van der Waals surface area contributed by atoms with E-state index in [1.54, 1.807) is 12.1 Å². The van der Waals surface area contributed by atoms with Gasteiger partial charge in [0, 0.05) is 6.04 Å². The Morgan fingerprint density at radius 2 is 1.93 bits per heavy atom. The number of anilines is 1. The van der Waals surface area contributed by atoms with Gasteiger partial charge in [0.05, 0.1) is 16.7 Å². The number of sulfonamides is 1. The van der Waals surface area contributed by atoms with E-state index in [1.807, 2.05) is 13.8 Å². The number of hydrogen-bond acceptors (Lipinski definition) is 7. The molecule has 0 radical (unpaired) electrons. The Labute approximate surface area is 178 Å². The van der Waals surface area contributed by atoms with Crippen LogP contribution in [0.1, 0.15) is 53.9 Å². The van der Waals surface area contributed by atoms with Crippen molar-refractivity contribution in [3.63, 3.8) is 0 Å². The summed E-state index contributed by atoms with van der Waals surface area (Å²) in [6, 6.07) is 6.13. The molecule has 1 N–H and O–H groups in total. The Morgan fingerprint density at radius 3 is 2.50 bits per heavy atom. The molecule has 8 nitrogen and oxygen atoms in total. The first-order valence-corrected chi connectivity index (χ1v) is 11.8. The van der Waals surface area contributed by atoms with Gasteiger partial charge in [-0.25, -0.2) is 18.1 Å². The normalized spacial score (nSPS) is 26.3. The van der Waals surface area contributed by atoms with Crippen LogP contribution in [-0.2, 0) is 24.3 Å². The monoisotopic (exact) mass is 437 g/mol. The highest BCUT2D eigenvalue weighted by atomic mass is 32.2. The molecule has 0 bridgehead atoms. The minimum atomic E-state index is -3.65. The molecule has 0 amide bonds. The number of hydrogen-bond donors (Lipinski definition) is 1. The van der Waals surface area contributed by atoms with Gasteiger partial charge in [0.2, 0.25) is 10.0 Å². The summed E-state index contributed by atoms with van der Waals surface area (Å²) in [6.07, 6.45) is 2.26. The molecule has 3 atom stereocenters. The van der Waals surface area contributed by atoms with Crippen molar-refractivity contribution in [2.24, 2.45) is 16.4 Å². The van der Waals surface area contributed by atoms with Crippen LogP contribution in [0.5, 0.6) is 0 Å². The maximum absolute atomic E-state index is 12.9. The van der Waals surface area contributed by atoms with E-state index >= 15 is 0 Å². The van der Waals surface area contributed by atoms with Gasteiger partial charge in [-0.2, -0.15) is 0 Å². The molecule has 1 aliphatic carbocycles. The number of benzene rings is 1. The third-order valence-corrected chi connectivity index (χ3v) is 6.76. The summed E-state index contributed by atoms with van der Waals surface area (Å²) in [5.74, 6) is 0.472. The summed E-state index contributed by atoms with van der Waals surface area (Å²) >= 11 is 0. The van der Waals surface area contributed by atoms with Gasteiger partial charge in [-0.15, -0.1) is 0 Å². The second-order valence-electron chi connectivity index (χ2n) is 9.25. The molecule has 1 fully saturated rings. The van der Waals surface area contributed by atoms with Crippen molar-refractivity contribution < 1.29 is 22.7 Å². The minimum Gasteiger partial charge on any atom is -0.447 e. The smallest absolute Gasteiger partial charge is 0.408 e. The van der Waals surface area contributed by atoms with Crippen molar-refractivity contribution >= 4 is 28.1 Å². The Bertz CT molecular complexity index is 896. The number of ether oxygens (including phenoxy) is 2. The largest absolute Gasteiger partial charge is 0.447 e. The molecule has 9 heteroatoms. The number of carbonyl (C=O) groups excluding carboxylic acids is 1. The number of carbonyl (C=O) groups is 1. The van der Waals surface area contributed by atoms with Crippen LogP contribution in [0, 0.1) is 11.3 Å². The van der Waals surface area contributed by atoms with E-state index in [4.69, 9.17) is 9.47 Å². The molecular formula is C21H31N3O5S. The predicted octanol–water partition coefficient (Wildman–Crippen LogP) is 3.24. The molecule has 166 valence electrons. The number of aldehydes is 1. The lowest BCUT2D eigenvalue weighted by Gasteiger charge is -2.39. The lowest BCUT2D eigenvalue weighted by molar-refractivity contribution is -0.114. The van der Waals surface area contributed by atoms with Crippen LogP contribution in [-0.4, -0.2) is 39.2 Å². The maximum atomic E-state index is 12.9. The van der Waals surface area contributed by atoms with Crippen molar-refractivity contribution in [1.82, 2.24) is 4.72 Å². The summed E-state index contributed by atoms with van der Waals surface area (Å²) in [7, 11) is -3.65. The molecule has 0 spiro atoms. The maximum Gasteiger partial charge on any atom is 0.408 e.